The van der Waals surface area contributed by atoms with Crippen LogP contribution in [0.15, 0.2) is 59.6 Å². The van der Waals surface area contributed by atoms with Crippen molar-refractivity contribution in [3.63, 3.8) is 0 Å². The molecule has 6 nitrogen and oxygen atoms in total. The van der Waals surface area contributed by atoms with Gasteiger partial charge in [-0.25, -0.2) is 4.99 Å². The summed E-state index contributed by atoms with van der Waals surface area (Å²) in [6.45, 7) is 3.88. The number of rotatable bonds is 8. The predicted molar refractivity (Wildman–Crippen MR) is 104 cm³/mol. The zero-order valence-electron chi connectivity index (χ0n) is 15.3. The minimum atomic E-state index is -0.0826. The van der Waals surface area contributed by atoms with Crippen LogP contribution in [-0.2, 0) is 17.9 Å². The molecular weight excluding hydrogens is 328 g/mol. The van der Waals surface area contributed by atoms with Crippen molar-refractivity contribution in [3.05, 3.63) is 65.7 Å². The van der Waals surface area contributed by atoms with Crippen LogP contribution in [0.25, 0.3) is 0 Å². The van der Waals surface area contributed by atoms with Gasteiger partial charge in [0.25, 0.3) is 0 Å². The molecular formula is C20H26N4O2. The zero-order chi connectivity index (χ0) is 18.6. The van der Waals surface area contributed by atoms with E-state index in [1.165, 1.54) is 0 Å². The minimum absolute atomic E-state index is 0.0826. The van der Waals surface area contributed by atoms with Crippen LogP contribution in [0.5, 0.6) is 5.75 Å². The lowest BCUT2D eigenvalue weighted by Gasteiger charge is -2.12. The van der Waals surface area contributed by atoms with E-state index in [1.807, 2.05) is 61.5 Å². The van der Waals surface area contributed by atoms with Crippen molar-refractivity contribution in [2.24, 2.45) is 4.99 Å². The fraction of sp³-hybridized carbons (Fsp3) is 0.300. The van der Waals surface area contributed by atoms with Crippen LogP contribution in [0.1, 0.15) is 18.1 Å². The van der Waals surface area contributed by atoms with Crippen molar-refractivity contribution < 1.29 is 9.53 Å². The standard InChI is InChI=1S/C20H26N4O2/c1-3-21-20(23-14-17-10-7-11-18(12-17)26-2)24-15-19(25)22-13-16-8-5-4-6-9-16/h4-12H,3,13-15H2,1-2H3,(H,22,25)(H2,21,23,24). The number of nitrogens with one attached hydrogen (secondary N) is 3. The van der Waals surface area contributed by atoms with E-state index in [2.05, 4.69) is 20.9 Å². The first kappa shape index (κ1) is 19.3. The Bertz CT molecular complexity index is 717. The van der Waals surface area contributed by atoms with Gasteiger partial charge in [0.05, 0.1) is 20.2 Å². The fourth-order valence-electron chi connectivity index (χ4n) is 2.31. The molecule has 0 aromatic heterocycles. The Morgan fingerprint density at radius 3 is 2.50 bits per heavy atom. The molecule has 3 N–H and O–H groups in total. The van der Waals surface area contributed by atoms with E-state index < -0.39 is 0 Å². The van der Waals surface area contributed by atoms with Crippen molar-refractivity contribution in [3.8, 4) is 5.75 Å². The number of nitrogens with zero attached hydrogens (tertiary/aromatic N) is 1. The van der Waals surface area contributed by atoms with Gasteiger partial charge in [0.1, 0.15) is 5.75 Å². The van der Waals surface area contributed by atoms with Crippen molar-refractivity contribution >= 4 is 11.9 Å². The number of amides is 1. The number of hydrogen-bond acceptors (Lipinski definition) is 3. The summed E-state index contributed by atoms with van der Waals surface area (Å²) in [5.74, 6) is 1.32. The van der Waals surface area contributed by atoms with Gasteiger partial charge in [-0.1, -0.05) is 42.5 Å². The molecule has 0 saturated carbocycles. The van der Waals surface area contributed by atoms with Gasteiger partial charge < -0.3 is 20.7 Å². The van der Waals surface area contributed by atoms with Crippen LogP contribution in [-0.4, -0.2) is 32.1 Å². The SMILES string of the molecule is CCNC(=NCc1cccc(OC)c1)NCC(=O)NCc1ccccc1. The molecule has 0 fully saturated rings. The van der Waals surface area contributed by atoms with E-state index in [-0.39, 0.29) is 12.5 Å². The summed E-state index contributed by atoms with van der Waals surface area (Å²) in [6.07, 6.45) is 0. The maximum absolute atomic E-state index is 12.0. The van der Waals surface area contributed by atoms with Crippen LogP contribution in [0.4, 0.5) is 0 Å². The van der Waals surface area contributed by atoms with Crippen LogP contribution in [0, 0.1) is 0 Å². The van der Waals surface area contributed by atoms with Gasteiger partial charge in [0, 0.05) is 13.1 Å². The molecule has 0 atom stereocenters. The van der Waals surface area contributed by atoms with Crippen molar-refractivity contribution in [1.29, 1.82) is 0 Å². The number of hydrogen-bond donors (Lipinski definition) is 3. The van der Waals surface area contributed by atoms with Crippen LogP contribution >= 0.6 is 0 Å². The molecule has 6 heteroatoms. The van der Waals surface area contributed by atoms with Crippen molar-refractivity contribution in [2.45, 2.75) is 20.0 Å². The Hall–Kier alpha value is -3.02. The molecule has 138 valence electrons. The molecule has 0 spiro atoms. The molecule has 2 aromatic carbocycles. The van der Waals surface area contributed by atoms with Gasteiger partial charge in [-0.3, -0.25) is 4.79 Å². The molecule has 0 saturated heterocycles. The molecule has 0 heterocycles. The van der Waals surface area contributed by atoms with Gasteiger partial charge in [-0.2, -0.15) is 0 Å². The summed E-state index contributed by atoms with van der Waals surface area (Å²) in [5, 5.41) is 9.07. The van der Waals surface area contributed by atoms with Crippen LogP contribution in [0.3, 0.4) is 0 Å². The minimum Gasteiger partial charge on any atom is -0.497 e. The number of methoxy groups -OCH3 is 1. The lowest BCUT2D eigenvalue weighted by Crippen LogP contribution is -2.43. The van der Waals surface area contributed by atoms with E-state index in [9.17, 15) is 4.79 Å². The average molecular weight is 354 g/mol. The van der Waals surface area contributed by atoms with E-state index in [0.29, 0.717) is 19.0 Å². The van der Waals surface area contributed by atoms with E-state index in [1.54, 1.807) is 7.11 Å². The largest absolute Gasteiger partial charge is 0.497 e. The number of carbonyl (C=O) groups is 1. The van der Waals surface area contributed by atoms with E-state index in [0.717, 1.165) is 23.4 Å². The summed E-state index contributed by atoms with van der Waals surface area (Å²) in [6, 6.07) is 17.6. The summed E-state index contributed by atoms with van der Waals surface area (Å²) >= 11 is 0. The third-order valence-electron chi connectivity index (χ3n) is 3.65. The van der Waals surface area contributed by atoms with Crippen LogP contribution < -0.4 is 20.7 Å². The Labute approximate surface area is 154 Å². The van der Waals surface area contributed by atoms with Crippen molar-refractivity contribution in [2.75, 3.05) is 20.2 Å². The number of guanidine groups is 1. The van der Waals surface area contributed by atoms with E-state index >= 15 is 0 Å². The predicted octanol–water partition coefficient (Wildman–Crippen LogP) is 2.07. The third-order valence-corrected chi connectivity index (χ3v) is 3.65. The van der Waals surface area contributed by atoms with Gasteiger partial charge in [0.15, 0.2) is 5.96 Å². The number of aliphatic imine (C=N–C) groups is 1. The molecule has 0 bridgehead atoms. The molecule has 2 rings (SSSR count). The smallest absolute Gasteiger partial charge is 0.239 e. The Morgan fingerprint density at radius 1 is 1.00 bits per heavy atom. The maximum atomic E-state index is 12.0. The normalized spacial score (nSPS) is 10.9. The highest BCUT2D eigenvalue weighted by Gasteiger charge is 2.04. The fourth-order valence-corrected chi connectivity index (χ4v) is 2.31. The van der Waals surface area contributed by atoms with Gasteiger partial charge in [-0.05, 0) is 30.2 Å². The number of carbonyl (C=O) groups excluding carboxylic acids is 1. The molecule has 0 aliphatic heterocycles. The highest BCUT2D eigenvalue weighted by Crippen LogP contribution is 2.13. The average Bonchev–Trinajstić information content (AvgIpc) is 2.69. The highest BCUT2D eigenvalue weighted by molar-refractivity contribution is 5.86. The van der Waals surface area contributed by atoms with Gasteiger partial charge in [0.2, 0.25) is 5.91 Å². The summed E-state index contributed by atoms with van der Waals surface area (Å²) < 4.78 is 5.22. The first-order chi connectivity index (χ1) is 12.7. The van der Waals surface area contributed by atoms with Crippen LogP contribution in [0.2, 0.25) is 0 Å². The molecule has 0 unspecified atom stereocenters. The molecule has 0 radical (unpaired) electrons. The van der Waals surface area contributed by atoms with Crippen molar-refractivity contribution in [1.82, 2.24) is 16.0 Å². The lowest BCUT2D eigenvalue weighted by atomic mass is 10.2. The maximum Gasteiger partial charge on any atom is 0.239 e. The first-order valence-corrected chi connectivity index (χ1v) is 8.67. The molecule has 0 aliphatic rings. The summed E-state index contributed by atoms with van der Waals surface area (Å²) in [5.41, 5.74) is 2.11. The second kappa shape index (κ2) is 10.8. The second-order valence-electron chi connectivity index (χ2n) is 5.66. The highest BCUT2D eigenvalue weighted by atomic mass is 16.5. The molecule has 0 aliphatic carbocycles. The lowest BCUT2D eigenvalue weighted by molar-refractivity contribution is -0.120. The first-order valence-electron chi connectivity index (χ1n) is 8.67. The number of ether oxygens (including phenoxy) is 1. The van der Waals surface area contributed by atoms with Gasteiger partial charge in [-0.15, -0.1) is 0 Å². The molecule has 26 heavy (non-hydrogen) atoms. The topological polar surface area (TPSA) is 74.8 Å². The Balaban J connectivity index is 1.83. The number of benzene rings is 2. The Kier molecular flexibility index (Phi) is 7.99. The molecule has 1 amide bonds. The molecule has 2 aromatic rings. The summed E-state index contributed by atoms with van der Waals surface area (Å²) in [7, 11) is 1.64. The van der Waals surface area contributed by atoms with E-state index in [4.69, 9.17) is 4.74 Å². The third kappa shape index (κ3) is 6.84. The van der Waals surface area contributed by atoms with Gasteiger partial charge >= 0.3 is 0 Å². The monoisotopic (exact) mass is 354 g/mol. The summed E-state index contributed by atoms with van der Waals surface area (Å²) in [4.78, 5) is 16.5. The second-order valence-corrected chi connectivity index (χ2v) is 5.66. The Morgan fingerprint density at radius 2 is 1.77 bits per heavy atom. The zero-order valence-corrected chi connectivity index (χ0v) is 15.3. The quantitative estimate of drug-likeness (QED) is 0.501.